The van der Waals surface area contributed by atoms with E-state index in [1.165, 1.54) is 6.42 Å². The Balaban J connectivity index is 1.54. The number of H-pyrrole nitrogens is 1. The summed E-state index contributed by atoms with van der Waals surface area (Å²) in [5.74, 6) is 0.502. The molecule has 2 atom stereocenters. The van der Waals surface area contributed by atoms with E-state index in [1.807, 2.05) is 29.2 Å². The van der Waals surface area contributed by atoms with Gasteiger partial charge < -0.3 is 14.1 Å². The predicted octanol–water partition coefficient (Wildman–Crippen LogP) is 3.18. The molecule has 1 aliphatic carbocycles. The highest BCUT2D eigenvalue weighted by atomic mass is 32.1. The van der Waals surface area contributed by atoms with Crippen LogP contribution in [0, 0.1) is 4.84 Å². The van der Waals surface area contributed by atoms with Gasteiger partial charge >= 0.3 is 0 Å². The van der Waals surface area contributed by atoms with Gasteiger partial charge in [0.15, 0.2) is 0 Å². The SMILES string of the molecule is O=C(c1ccc(-c2n[nH]c(=S)o2)cc1)N1CCO[C@@H]2CCCC[C@@H]21. The van der Waals surface area contributed by atoms with Gasteiger partial charge in [0.05, 0.1) is 18.8 Å². The van der Waals surface area contributed by atoms with Crippen LogP contribution in [0.5, 0.6) is 0 Å². The Morgan fingerprint density at radius 1 is 1.25 bits per heavy atom. The molecule has 1 aromatic heterocycles. The molecule has 2 aliphatic rings. The molecular weight excluding hydrogens is 326 g/mol. The molecule has 1 aromatic carbocycles. The van der Waals surface area contributed by atoms with Crippen molar-refractivity contribution in [3.05, 3.63) is 34.7 Å². The second kappa shape index (κ2) is 6.49. The Labute approximate surface area is 144 Å². The molecule has 0 bridgehead atoms. The predicted molar refractivity (Wildman–Crippen MR) is 90.2 cm³/mol. The second-order valence-corrected chi connectivity index (χ2v) is 6.63. The van der Waals surface area contributed by atoms with Crippen molar-refractivity contribution in [2.24, 2.45) is 0 Å². The number of benzene rings is 1. The maximum atomic E-state index is 12.9. The van der Waals surface area contributed by atoms with Crippen LogP contribution in [0.3, 0.4) is 0 Å². The fourth-order valence-corrected chi connectivity index (χ4v) is 3.75. The van der Waals surface area contributed by atoms with Crippen molar-refractivity contribution in [2.75, 3.05) is 13.2 Å². The minimum absolute atomic E-state index is 0.0738. The maximum Gasteiger partial charge on any atom is 0.284 e. The largest absolute Gasteiger partial charge is 0.409 e. The van der Waals surface area contributed by atoms with Gasteiger partial charge in [-0.15, -0.1) is 5.10 Å². The summed E-state index contributed by atoms with van der Waals surface area (Å²) in [5.41, 5.74) is 1.47. The molecule has 0 radical (unpaired) electrons. The van der Waals surface area contributed by atoms with Crippen molar-refractivity contribution in [3.8, 4) is 11.5 Å². The molecule has 6 nitrogen and oxygen atoms in total. The number of aromatic nitrogens is 2. The van der Waals surface area contributed by atoms with Gasteiger partial charge in [-0.3, -0.25) is 4.79 Å². The fourth-order valence-electron chi connectivity index (χ4n) is 3.62. The highest BCUT2D eigenvalue weighted by Crippen LogP contribution is 2.29. The van der Waals surface area contributed by atoms with E-state index in [4.69, 9.17) is 21.4 Å². The number of rotatable bonds is 2. The van der Waals surface area contributed by atoms with Crippen LogP contribution in [0.1, 0.15) is 36.0 Å². The zero-order valence-electron chi connectivity index (χ0n) is 13.2. The third-order valence-corrected chi connectivity index (χ3v) is 4.98. The lowest BCUT2D eigenvalue weighted by Gasteiger charge is -2.43. The minimum Gasteiger partial charge on any atom is -0.409 e. The molecule has 7 heteroatoms. The molecule has 4 rings (SSSR count). The number of aromatic amines is 1. The van der Waals surface area contributed by atoms with Crippen molar-refractivity contribution in [3.63, 3.8) is 0 Å². The number of nitrogens with one attached hydrogen (secondary N) is 1. The lowest BCUT2D eigenvalue weighted by atomic mass is 9.89. The molecule has 1 saturated carbocycles. The first kappa shape index (κ1) is 15.5. The number of hydrogen-bond donors (Lipinski definition) is 1. The maximum absolute atomic E-state index is 12.9. The lowest BCUT2D eigenvalue weighted by molar-refractivity contribution is -0.0752. The molecule has 0 unspecified atom stereocenters. The van der Waals surface area contributed by atoms with Gasteiger partial charge in [-0.2, -0.15) is 0 Å². The molecular formula is C17H19N3O3S. The summed E-state index contributed by atoms with van der Waals surface area (Å²) in [5, 5.41) is 6.59. The van der Waals surface area contributed by atoms with Crippen molar-refractivity contribution in [1.29, 1.82) is 0 Å². The van der Waals surface area contributed by atoms with Crippen LogP contribution in [-0.2, 0) is 4.74 Å². The number of carbonyl (C=O) groups is 1. The molecule has 24 heavy (non-hydrogen) atoms. The highest BCUT2D eigenvalue weighted by Gasteiger charge is 2.36. The van der Waals surface area contributed by atoms with Crippen molar-refractivity contribution in [2.45, 2.75) is 37.8 Å². The fraction of sp³-hybridized carbons (Fsp3) is 0.471. The minimum atomic E-state index is 0.0738. The first-order valence-electron chi connectivity index (χ1n) is 8.31. The van der Waals surface area contributed by atoms with Crippen LogP contribution in [0.4, 0.5) is 0 Å². The molecule has 2 aromatic rings. The first-order chi connectivity index (χ1) is 11.7. The van der Waals surface area contributed by atoms with Crippen molar-refractivity contribution >= 4 is 18.1 Å². The third kappa shape index (κ3) is 2.89. The quantitative estimate of drug-likeness (QED) is 0.847. The molecule has 1 saturated heterocycles. The van der Waals surface area contributed by atoms with Gasteiger partial charge in [-0.1, -0.05) is 12.8 Å². The first-order valence-corrected chi connectivity index (χ1v) is 8.72. The lowest BCUT2D eigenvalue weighted by Crippen LogP contribution is -2.54. The van der Waals surface area contributed by atoms with E-state index < -0.39 is 0 Å². The molecule has 1 N–H and O–H groups in total. The van der Waals surface area contributed by atoms with Crippen LogP contribution in [0.2, 0.25) is 0 Å². The average Bonchev–Trinajstić information content (AvgIpc) is 3.07. The van der Waals surface area contributed by atoms with Crippen LogP contribution < -0.4 is 0 Å². The molecule has 1 amide bonds. The second-order valence-electron chi connectivity index (χ2n) is 6.26. The van der Waals surface area contributed by atoms with Crippen LogP contribution in [0.15, 0.2) is 28.7 Å². The monoisotopic (exact) mass is 345 g/mol. The Bertz CT molecular complexity index is 781. The summed E-state index contributed by atoms with van der Waals surface area (Å²) in [6.45, 7) is 1.29. The molecule has 2 fully saturated rings. The van der Waals surface area contributed by atoms with Crippen molar-refractivity contribution < 1.29 is 13.9 Å². The number of nitrogens with zero attached hydrogens (tertiary/aromatic N) is 2. The van der Waals surface area contributed by atoms with E-state index in [2.05, 4.69) is 10.2 Å². The topological polar surface area (TPSA) is 71.4 Å². The normalized spacial score (nSPS) is 23.8. The number of amides is 1. The van der Waals surface area contributed by atoms with Gasteiger partial charge in [0.1, 0.15) is 0 Å². The van der Waals surface area contributed by atoms with Crippen molar-refractivity contribution in [1.82, 2.24) is 15.1 Å². The molecule has 2 heterocycles. The van der Waals surface area contributed by atoms with Crippen LogP contribution in [0.25, 0.3) is 11.5 Å². The number of ether oxygens (including phenoxy) is 1. The number of fused-ring (bicyclic) bond motifs is 1. The number of hydrogen-bond acceptors (Lipinski definition) is 5. The molecule has 126 valence electrons. The van der Waals surface area contributed by atoms with Gasteiger partial charge in [-0.25, -0.2) is 5.10 Å². The van der Waals surface area contributed by atoms with E-state index in [0.29, 0.717) is 24.6 Å². The zero-order chi connectivity index (χ0) is 16.5. The Morgan fingerprint density at radius 3 is 2.79 bits per heavy atom. The summed E-state index contributed by atoms with van der Waals surface area (Å²) in [6, 6.07) is 7.51. The van der Waals surface area contributed by atoms with E-state index in [0.717, 1.165) is 24.8 Å². The smallest absolute Gasteiger partial charge is 0.284 e. The standard InChI is InChI=1S/C17H19N3O3S/c21-16(20-9-10-22-14-4-2-1-3-13(14)20)12-7-5-11(6-8-12)15-18-19-17(24)23-15/h5-8,13-14H,1-4,9-10H2,(H,19,24)/t13-,14+/m0/s1. The van der Waals surface area contributed by atoms with E-state index in [-0.39, 0.29) is 22.9 Å². The summed E-state index contributed by atoms with van der Waals surface area (Å²) in [6.07, 6.45) is 4.64. The van der Waals surface area contributed by atoms with E-state index in [9.17, 15) is 4.79 Å². The van der Waals surface area contributed by atoms with Gasteiger partial charge in [0.25, 0.3) is 10.7 Å². The van der Waals surface area contributed by atoms with Crippen LogP contribution >= 0.6 is 12.2 Å². The highest BCUT2D eigenvalue weighted by molar-refractivity contribution is 7.71. The number of morpholine rings is 1. The Hall–Kier alpha value is -1.99. The summed E-state index contributed by atoms with van der Waals surface area (Å²) >= 11 is 4.88. The molecule has 1 aliphatic heterocycles. The van der Waals surface area contributed by atoms with Crippen LogP contribution in [-0.4, -0.2) is 46.3 Å². The Kier molecular flexibility index (Phi) is 4.20. The third-order valence-electron chi connectivity index (χ3n) is 4.81. The zero-order valence-corrected chi connectivity index (χ0v) is 14.1. The summed E-state index contributed by atoms with van der Waals surface area (Å²) < 4.78 is 11.1. The van der Waals surface area contributed by atoms with Gasteiger partial charge in [-0.05, 0) is 49.3 Å². The molecule has 0 spiro atoms. The van der Waals surface area contributed by atoms with Gasteiger partial charge in [0, 0.05) is 17.7 Å². The van der Waals surface area contributed by atoms with Gasteiger partial charge in [0.2, 0.25) is 5.89 Å². The van der Waals surface area contributed by atoms with E-state index in [1.54, 1.807) is 0 Å². The van der Waals surface area contributed by atoms with E-state index >= 15 is 0 Å². The summed E-state index contributed by atoms with van der Waals surface area (Å²) in [7, 11) is 0. The summed E-state index contributed by atoms with van der Waals surface area (Å²) in [4.78, 5) is 15.1. The average molecular weight is 345 g/mol. The Morgan fingerprint density at radius 2 is 2.04 bits per heavy atom. The number of carbonyl (C=O) groups excluding carboxylic acids is 1.